The lowest BCUT2D eigenvalue weighted by molar-refractivity contribution is -0.157. The summed E-state index contributed by atoms with van der Waals surface area (Å²) in [6.07, 6.45) is 2.00. The van der Waals surface area contributed by atoms with Crippen molar-refractivity contribution < 1.29 is 24.2 Å². The van der Waals surface area contributed by atoms with Gasteiger partial charge in [-0.05, 0) is 31.4 Å². The molecule has 0 bridgehead atoms. The average molecular weight is 291 g/mol. The van der Waals surface area contributed by atoms with Crippen LogP contribution in [0.15, 0.2) is 12.1 Å². The quantitative estimate of drug-likeness (QED) is 0.889. The van der Waals surface area contributed by atoms with Crippen molar-refractivity contribution >= 4 is 17.6 Å². The van der Waals surface area contributed by atoms with Gasteiger partial charge in [-0.3, -0.25) is 9.59 Å². The maximum atomic E-state index is 12.1. The van der Waals surface area contributed by atoms with Gasteiger partial charge >= 0.3 is 5.97 Å². The number of amides is 1. The van der Waals surface area contributed by atoms with Gasteiger partial charge in [0.05, 0.1) is 5.41 Å². The molecule has 3 rings (SSSR count). The number of carboxylic acids is 1. The first-order chi connectivity index (χ1) is 10.00. The molecule has 21 heavy (non-hydrogen) atoms. The third kappa shape index (κ3) is 2.41. The molecular weight excluding hydrogens is 274 g/mol. The van der Waals surface area contributed by atoms with Gasteiger partial charge in [-0.15, -0.1) is 0 Å². The van der Waals surface area contributed by atoms with E-state index >= 15 is 0 Å². The molecule has 0 saturated heterocycles. The molecule has 0 atom stereocenters. The molecule has 0 spiro atoms. The maximum Gasteiger partial charge on any atom is 0.310 e. The topological polar surface area (TPSA) is 84.9 Å². The Balaban J connectivity index is 1.72. The lowest BCUT2D eigenvalue weighted by Crippen LogP contribution is -2.41. The second-order valence-corrected chi connectivity index (χ2v) is 5.68. The maximum absolute atomic E-state index is 12.1. The van der Waals surface area contributed by atoms with E-state index in [1.807, 2.05) is 6.92 Å². The van der Waals surface area contributed by atoms with Crippen LogP contribution in [0.2, 0.25) is 0 Å². The van der Waals surface area contributed by atoms with Gasteiger partial charge in [-0.2, -0.15) is 0 Å². The van der Waals surface area contributed by atoms with Gasteiger partial charge in [0.2, 0.25) is 12.7 Å². The Morgan fingerprint density at radius 2 is 1.95 bits per heavy atom. The molecule has 0 aromatic heterocycles. The van der Waals surface area contributed by atoms with Crippen LogP contribution in [-0.4, -0.2) is 23.8 Å². The number of hydrogen-bond acceptors (Lipinski definition) is 4. The van der Waals surface area contributed by atoms with Crippen LogP contribution in [0.4, 0.5) is 5.69 Å². The van der Waals surface area contributed by atoms with Gasteiger partial charge in [0.1, 0.15) is 0 Å². The van der Waals surface area contributed by atoms with Crippen LogP contribution in [0.3, 0.4) is 0 Å². The highest BCUT2D eigenvalue weighted by molar-refractivity contribution is 5.95. The second kappa shape index (κ2) is 4.95. The molecular formula is C15H17NO5. The van der Waals surface area contributed by atoms with Gasteiger partial charge in [0.25, 0.3) is 0 Å². The first-order valence-corrected chi connectivity index (χ1v) is 6.94. The number of nitrogens with one attached hydrogen (secondary N) is 1. The average Bonchev–Trinajstić information content (AvgIpc) is 2.80. The standard InChI is InChI=1S/C15H17NO5/c1-9-5-11-12(21-8-20-11)6-10(9)16-13(17)7-15(14(18)19)3-2-4-15/h5-6H,2-4,7-8H2,1H3,(H,16,17)(H,18,19). The number of fused-ring (bicyclic) bond motifs is 1. The fourth-order valence-corrected chi connectivity index (χ4v) is 2.75. The monoisotopic (exact) mass is 291 g/mol. The molecule has 1 aromatic rings. The lowest BCUT2D eigenvalue weighted by Gasteiger charge is -2.36. The van der Waals surface area contributed by atoms with E-state index < -0.39 is 11.4 Å². The van der Waals surface area contributed by atoms with Gasteiger partial charge < -0.3 is 19.9 Å². The zero-order valence-corrected chi connectivity index (χ0v) is 11.8. The Bertz CT molecular complexity index is 606. The number of anilines is 1. The fourth-order valence-electron chi connectivity index (χ4n) is 2.75. The van der Waals surface area contributed by atoms with Crippen molar-refractivity contribution in [1.82, 2.24) is 0 Å². The number of aryl methyl sites for hydroxylation is 1. The number of rotatable bonds is 4. The SMILES string of the molecule is Cc1cc2c(cc1NC(=O)CC1(C(=O)O)CCC1)OCO2. The molecule has 1 aliphatic heterocycles. The van der Waals surface area contributed by atoms with Crippen molar-refractivity contribution in [2.75, 3.05) is 12.1 Å². The van der Waals surface area contributed by atoms with Gasteiger partial charge in [-0.1, -0.05) is 6.42 Å². The van der Waals surface area contributed by atoms with Crippen LogP contribution in [0.1, 0.15) is 31.2 Å². The van der Waals surface area contributed by atoms with Crippen LogP contribution in [0.25, 0.3) is 0 Å². The highest BCUT2D eigenvalue weighted by atomic mass is 16.7. The summed E-state index contributed by atoms with van der Waals surface area (Å²) >= 11 is 0. The van der Waals surface area contributed by atoms with Crippen LogP contribution in [-0.2, 0) is 9.59 Å². The Labute approximate surface area is 122 Å². The van der Waals surface area contributed by atoms with Crippen LogP contribution >= 0.6 is 0 Å². The van der Waals surface area contributed by atoms with Crippen LogP contribution in [0.5, 0.6) is 11.5 Å². The summed E-state index contributed by atoms with van der Waals surface area (Å²) in [6, 6.07) is 3.51. The van der Waals surface area contributed by atoms with E-state index in [9.17, 15) is 14.7 Å². The summed E-state index contributed by atoms with van der Waals surface area (Å²) in [6.45, 7) is 2.03. The summed E-state index contributed by atoms with van der Waals surface area (Å²) in [5, 5.41) is 12.0. The molecule has 1 aromatic carbocycles. The Kier molecular flexibility index (Phi) is 3.23. The number of carbonyl (C=O) groups excluding carboxylic acids is 1. The van der Waals surface area contributed by atoms with Crippen molar-refractivity contribution in [2.24, 2.45) is 5.41 Å². The van der Waals surface area contributed by atoms with E-state index in [0.717, 1.165) is 12.0 Å². The van der Waals surface area contributed by atoms with Gasteiger partial charge in [-0.25, -0.2) is 0 Å². The van der Waals surface area contributed by atoms with Crippen molar-refractivity contribution in [2.45, 2.75) is 32.6 Å². The predicted octanol–water partition coefficient (Wildman–Crippen LogP) is 2.31. The number of ether oxygens (including phenoxy) is 2. The Morgan fingerprint density at radius 3 is 2.52 bits per heavy atom. The summed E-state index contributed by atoms with van der Waals surface area (Å²) in [4.78, 5) is 23.4. The largest absolute Gasteiger partial charge is 0.481 e. The molecule has 1 heterocycles. The van der Waals surface area contributed by atoms with E-state index in [4.69, 9.17) is 9.47 Å². The highest BCUT2D eigenvalue weighted by Crippen LogP contribution is 2.44. The van der Waals surface area contributed by atoms with E-state index in [-0.39, 0.29) is 19.1 Å². The summed E-state index contributed by atoms with van der Waals surface area (Å²) in [5.74, 6) is 0.0874. The number of carboxylic acid groups (broad SMARTS) is 1. The fraction of sp³-hybridized carbons (Fsp3) is 0.467. The minimum Gasteiger partial charge on any atom is -0.481 e. The Hall–Kier alpha value is -2.24. The predicted molar refractivity (Wildman–Crippen MR) is 74.5 cm³/mol. The third-order valence-electron chi connectivity index (χ3n) is 4.26. The minimum atomic E-state index is -0.883. The van der Waals surface area contributed by atoms with Crippen molar-refractivity contribution in [1.29, 1.82) is 0 Å². The van der Waals surface area contributed by atoms with Crippen molar-refractivity contribution in [3.63, 3.8) is 0 Å². The smallest absolute Gasteiger partial charge is 0.310 e. The first-order valence-electron chi connectivity index (χ1n) is 6.94. The van der Waals surface area contributed by atoms with E-state index in [2.05, 4.69) is 5.32 Å². The lowest BCUT2D eigenvalue weighted by atomic mass is 9.66. The van der Waals surface area contributed by atoms with Gasteiger partial charge in [0.15, 0.2) is 11.5 Å². The molecule has 0 radical (unpaired) electrons. The molecule has 0 unspecified atom stereocenters. The molecule has 1 aliphatic carbocycles. The summed E-state index contributed by atoms with van der Waals surface area (Å²) in [5.41, 5.74) is 0.601. The third-order valence-corrected chi connectivity index (χ3v) is 4.26. The second-order valence-electron chi connectivity index (χ2n) is 5.68. The molecule has 2 aliphatic rings. The Morgan fingerprint density at radius 1 is 1.29 bits per heavy atom. The molecule has 2 N–H and O–H groups in total. The normalized spacial score (nSPS) is 18.0. The molecule has 1 saturated carbocycles. The molecule has 112 valence electrons. The number of benzene rings is 1. The summed E-state index contributed by atoms with van der Waals surface area (Å²) < 4.78 is 10.5. The van der Waals surface area contributed by atoms with E-state index in [1.54, 1.807) is 12.1 Å². The van der Waals surface area contributed by atoms with E-state index in [1.165, 1.54) is 0 Å². The zero-order chi connectivity index (χ0) is 15.0. The molecule has 6 heteroatoms. The summed E-state index contributed by atoms with van der Waals surface area (Å²) in [7, 11) is 0. The number of carbonyl (C=O) groups is 2. The van der Waals surface area contributed by atoms with Gasteiger partial charge in [0, 0.05) is 18.2 Å². The van der Waals surface area contributed by atoms with Crippen LogP contribution < -0.4 is 14.8 Å². The number of aliphatic carboxylic acids is 1. The van der Waals surface area contributed by atoms with Crippen LogP contribution in [0, 0.1) is 12.3 Å². The molecule has 1 fully saturated rings. The van der Waals surface area contributed by atoms with Crippen molar-refractivity contribution in [3.05, 3.63) is 17.7 Å². The molecule has 1 amide bonds. The van der Waals surface area contributed by atoms with Crippen molar-refractivity contribution in [3.8, 4) is 11.5 Å². The zero-order valence-electron chi connectivity index (χ0n) is 11.8. The minimum absolute atomic E-state index is 0.0101. The highest BCUT2D eigenvalue weighted by Gasteiger charge is 2.45. The number of hydrogen-bond donors (Lipinski definition) is 2. The van der Waals surface area contributed by atoms with E-state index in [0.29, 0.717) is 30.0 Å². The first kappa shape index (κ1) is 13.7. The molecule has 6 nitrogen and oxygen atoms in total.